The zero-order chi connectivity index (χ0) is 21.8. The van der Waals surface area contributed by atoms with Crippen LogP contribution in [0.15, 0.2) is 52.9 Å². The molecule has 0 fully saturated rings. The summed E-state index contributed by atoms with van der Waals surface area (Å²) in [5.74, 6) is 0.551. The fraction of sp³-hybridized carbons (Fsp3) is 0.143. The highest BCUT2D eigenvalue weighted by molar-refractivity contribution is 7.99. The van der Waals surface area contributed by atoms with E-state index in [4.69, 9.17) is 16.3 Å². The first kappa shape index (κ1) is 21.8. The van der Waals surface area contributed by atoms with Crippen LogP contribution in [0.5, 0.6) is 5.75 Å². The monoisotopic (exact) mass is 488 g/mol. The van der Waals surface area contributed by atoms with Crippen molar-refractivity contribution in [1.82, 2.24) is 15.2 Å². The maximum absolute atomic E-state index is 12.3. The van der Waals surface area contributed by atoms with Gasteiger partial charge in [0.05, 0.1) is 34.0 Å². The molecule has 0 aliphatic carbocycles. The largest absolute Gasteiger partial charge is 0.495 e. The van der Waals surface area contributed by atoms with Crippen LogP contribution in [-0.4, -0.2) is 34.0 Å². The summed E-state index contributed by atoms with van der Waals surface area (Å²) >= 11 is 10.6. The Hall–Kier alpha value is -2.46. The van der Waals surface area contributed by atoms with E-state index in [1.807, 2.05) is 30.5 Å². The number of hydrogen-bond donors (Lipinski definition) is 1. The zero-order valence-electron chi connectivity index (χ0n) is 16.6. The summed E-state index contributed by atoms with van der Waals surface area (Å²) in [6, 6.07) is 12.9. The third kappa shape index (κ3) is 5.24. The van der Waals surface area contributed by atoms with Crippen molar-refractivity contribution in [3.8, 4) is 26.2 Å². The predicted octanol–water partition coefficient (Wildman–Crippen LogP) is 6.03. The normalized spacial score (nSPS) is 10.8. The SMILES string of the molecule is COc1ccc(Cl)cc1NC(=O)CSc1ccc(-c2sc(-c3cccs3)nc2C)nn1. The second kappa shape index (κ2) is 9.78. The lowest BCUT2D eigenvalue weighted by molar-refractivity contribution is -0.113. The molecule has 158 valence electrons. The Morgan fingerprint density at radius 1 is 1.23 bits per heavy atom. The van der Waals surface area contributed by atoms with Crippen molar-refractivity contribution >= 4 is 57.6 Å². The van der Waals surface area contributed by atoms with Gasteiger partial charge in [0, 0.05) is 5.02 Å². The fourth-order valence-electron chi connectivity index (χ4n) is 2.76. The number of thiophene rings is 1. The van der Waals surface area contributed by atoms with Gasteiger partial charge in [0.2, 0.25) is 5.91 Å². The van der Waals surface area contributed by atoms with E-state index in [1.54, 1.807) is 48.0 Å². The van der Waals surface area contributed by atoms with E-state index < -0.39 is 0 Å². The molecule has 0 bridgehead atoms. The molecule has 0 saturated carbocycles. The summed E-state index contributed by atoms with van der Waals surface area (Å²) in [6.45, 7) is 1.97. The second-order valence-electron chi connectivity index (χ2n) is 6.35. The van der Waals surface area contributed by atoms with Crippen LogP contribution in [0.4, 0.5) is 5.69 Å². The molecular weight excluding hydrogens is 472 g/mol. The van der Waals surface area contributed by atoms with Crippen molar-refractivity contribution in [3.63, 3.8) is 0 Å². The molecule has 6 nitrogen and oxygen atoms in total. The number of rotatable bonds is 7. The van der Waals surface area contributed by atoms with Gasteiger partial charge in [0.15, 0.2) is 0 Å². The number of carbonyl (C=O) groups excluding carboxylic acids is 1. The number of carbonyl (C=O) groups is 1. The van der Waals surface area contributed by atoms with E-state index in [-0.39, 0.29) is 11.7 Å². The second-order valence-corrected chi connectivity index (χ2v) is 9.73. The third-order valence-corrected chi connectivity index (χ3v) is 7.56. The van der Waals surface area contributed by atoms with Gasteiger partial charge >= 0.3 is 0 Å². The van der Waals surface area contributed by atoms with Crippen LogP contribution in [0.25, 0.3) is 20.5 Å². The van der Waals surface area contributed by atoms with Crippen LogP contribution in [0.3, 0.4) is 0 Å². The number of aryl methyl sites for hydroxylation is 1. The van der Waals surface area contributed by atoms with Crippen LogP contribution in [0, 0.1) is 6.92 Å². The molecule has 4 rings (SSSR count). The Labute approximate surface area is 196 Å². The van der Waals surface area contributed by atoms with Crippen molar-refractivity contribution in [1.29, 1.82) is 0 Å². The van der Waals surface area contributed by atoms with E-state index in [0.29, 0.717) is 21.5 Å². The first-order valence-corrected chi connectivity index (χ1v) is 12.2. The number of thiazole rings is 1. The summed E-state index contributed by atoms with van der Waals surface area (Å²) < 4.78 is 5.25. The Bertz CT molecular complexity index is 1190. The lowest BCUT2D eigenvalue weighted by Crippen LogP contribution is -2.14. The van der Waals surface area contributed by atoms with Crippen molar-refractivity contribution in [2.45, 2.75) is 11.9 Å². The number of nitrogens with one attached hydrogen (secondary N) is 1. The van der Waals surface area contributed by atoms with Crippen molar-refractivity contribution in [3.05, 3.63) is 58.6 Å². The Morgan fingerprint density at radius 2 is 2.10 bits per heavy atom. The summed E-state index contributed by atoms with van der Waals surface area (Å²) in [5, 5.41) is 15.6. The lowest BCUT2D eigenvalue weighted by Gasteiger charge is -2.10. The average Bonchev–Trinajstić information content (AvgIpc) is 3.43. The molecule has 0 atom stereocenters. The van der Waals surface area contributed by atoms with Crippen molar-refractivity contribution in [2.75, 3.05) is 18.2 Å². The number of amides is 1. The Balaban J connectivity index is 1.39. The van der Waals surface area contributed by atoms with Crippen molar-refractivity contribution in [2.24, 2.45) is 0 Å². The molecule has 3 aromatic heterocycles. The van der Waals surface area contributed by atoms with Gasteiger partial charge in [0.25, 0.3) is 0 Å². The number of ether oxygens (including phenoxy) is 1. The highest BCUT2D eigenvalue weighted by Crippen LogP contribution is 2.36. The summed E-state index contributed by atoms with van der Waals surface area (Å²) in [4.78, 5) is 19.1. The third-order valence-electron chi connectivity index (χ3n) is 4.19. The molecule has 10 heteroatoms. The Kier molecular flexibility index (Phi) is 6.86. The van der Waals surface area contributed by atoms with Gasteiger partial charge in [-0.05, 0) is 48.7 Å². The van der Waals surface area contributed by atoms with E-state index in [9.17, 15) is 4.79 Å². The van der Waals surface area contributed by atoms with Crippen LogP contribution < -0.4 is 10.1 Å². The molecule has 1 N–H and O–H groups in total. The maximum Gasteiger partial charge on any atom is 0.234 e. The highest BCUT2D eigenvalue weighted by Gasteiger charge is 2.14. The van der Waals surface area contributed by atoms with Crippen LogP contribution >= 0.6 is 46.0 Å². The maximum atomic E-state index is 12.3. The number of nitrogens with zero attached hydrogens (tertiary/aromatic N) is 3. The molecule has 4 aromatic rings. The molecule has 0 radical (unpaired) electrons. The fourth-order valence-corrected chi connectivity index (χ4v) is 5.38. The van der Waals surface area contributed by atoms with E-state index in [1.165, 1.54) is 11.8 Å². The molecule has 1 aromatic carbocycles. The van der Waals surface area contributed by atoms with E-state index >= 15 is 0 Å². The summed E-state index contributed by atoms with van der Waals surface area (Å²) in [6.07, 6.45) is 0. The molecular formula is C21H17ClN4O2S3. The number of halogens is 1. The summed E-state index contributed by atoms with van der Waals surface area (Å²) in [7, 11) is 1.54. The van der Waals surface area contributed by atoms with Gasteiger partial charge in [0.1, 0.15) is 21.5 Å². The molecule has 1 amide bonds. The number of hydrogen-bond acceptors (Lipinski definition) is 8. The number of methoxy groups -OCH3 is 1. The Morgan fingerprint density at radius 3 is 2.81 bits per heavy atom. The molecule has 0 aliphatic rings. The van der Waals surface area contributed by atoms with Gasteiger partial charge in [-0.25, -0.2) is 4.98 Å². The average molecular weight is 489 g/mol. The molecule has 3 heterocycles. The number of thioether (sulfide) groups is 1. The van der Waals surface area contributed by atoms with Crippen molar-refractivity contribution < 1.29 is 9.53 Å². The molecule has 0 unspecified atom stereocenters. The van der Waals surface area contributed by atoms with Gasteiger partial charge in [-0.1, -0.05) is 29.4 Å². The lowest BCUT2D eigenvalue weighted by atomic mass is 10.3. The highest BCUT2D eigenvalue weighted by atomic mass is 35.5. The minimum atomic E-state index is -0.185. The predicted molar refractivity (Wildman–Crippen MR) is 129 cm³/mol. The first-order valence-electron chi connectivity index (χ1n) is 9.15. The molecule has 31 heavy (non-hydrogen) atoms. The quantitative estimate of drug-likeness (QED) is 0.320. The van der Waals surface area contributed by atoms with Gasteiger partial charge < -0.3 is 10.1 Å². The van der Waals surface area contributed by atoms with E-state index in [2.05, 4.69) is 26.6 Å². The van der Waals surface area contributed by atoms with Gasteiger partial charge in [-0.2, -0.15) is 0 Å². The zero-order valence-corrected chi connectivity index (χ0v) is 19.8. The topological polar surface area (TPSA) is 77.0 Å². The van der Waals surface area contributed by atoms with Crippen LogP contribution in [0.1, 0.15) is 5.69 Å². The number of aromatic nitrogens is 3. The minimum Gasteiger partial charge on any atom is -0.495 e. The minimum absolute atomic E-state index is 0.185. The molecule has 0 saturated heterocycles. The number of benzene rings is 1. The van der Waals surface area contributed by atoms with E-state index in [0.717, 1.165) is 26.1 Å². The standard InChI is InChI=1S/C21H17ClN4O2S3/c1-12-20(31-21(23-12)17-4-3-9-29-17)14-6-8-19(26-25-14)30-11-18(27)24-15-10-13(22)5-7-16(15)28-2/h3-10H,11H2,1-2H3,(H,24,27). The number of anilines is 1. The smallest absolute Gasteiger partial charge is 0.234 e. The molecule has 0 spiro atoms. The molecule has 0 aliphatic heterocycles. The van der Waals surface area contributed by atoms with Gasteiger partial charge in [-0.15, -0.1) is 32.9 Å². The summed E-state index contributed by atoms with van der Waals surface area (Å²) in [5.41, 5.74) is 2.23. The first-order chi connectivity index (χ1) is 15.0. The van der Waals surface area contributed by atoms with Crippen LogP contribution in [-0.2, 0) is 4.79 Å². The van der Waals surface area contributed by atoms with Gasteiger partial charge in [-0.3, -0.25) is 4.79 Å². The van der Waals surface area contributed by atoms with Crippen LogP contribution in [0.2, 0.25) is 5.02 Å².